The number of likely N-dealkylation sites (N-methyl/N-ethyl adjacent to an activating group) is 1. The van der Waals surface area contributed by atoms with Crippen LogP contribution in [-0.4, -0.2) is 47.6 Å². The number of aromatic nitrogens is 2. The maximum absolute atomic E-state index is 13.2. The molecule has 0 spiro atoms. The molecule has 0 fully saturated rings. The predicted molar refractivity (Wildman–Crippen MR) is 125 cm³/mol. The Morgan fingerprint density at radius 2 is 1.73 bits per heavy atom. The zero-order chi connectivity index (χ0) is 23.5. The summed E-state index contributed by atoms with van der Waals surface area (Å²) in [5, 5.41) is 7.46. The third-order valence-corrected chi connectivity index (χ3v) is 5.18. The molecule has 0 aliphatic rings. The SMILES string of the molecule is Cc1ccc(-c2cc(C(=O)Nc3ccc(OCC(=O)N(C)C)cc3)c3c(C)noc3n2)cc1. The molecular weight excluding hydrogens is 420 g/mol. The van der Waals surface area contributed by atoms with Gasteiger partial charge in [0.1, 0.15) is 5.75 Å². The highest BCUT2D eigenvalue weighted by atomic mass is 16.5. The molecule has 0 atom stereocenters. The van der Waals surface area contributed by atoms with E-state index < -0.39 is 0 Å². The number of nitrogens with zero attached hydrogens (tertiary/aromatic N) is 3. The second-order valence-electron chi connectivity index (χ2n) is 7.92. The summed E-state index contributed by atoms with van der Waals surface area (Å²) in [6.45, 7) is 3.73. The van der Waals surface area contributed by atoms with E-state index in [2.05, 4.69) is 15.5 Å². The summed E-state index contributed by atoms with van der Waals surface area (Å²) in [6, 6.07) is 16.5. The maximum atomic E-state index is 13.2. The summed E-state index contributed by atoms with van der Waals surface area (Å²) in [4.78, 5) is 30.9. The van der Waals surface area contributed by atoms with Crippen molar-refractivity contribution >= 4 is 28.6 Å². The van der Waals surface area contributed by atoms with Gasteiger partial charge in [-0.2, -0.15) is 0 Å². The highest BCUT2D eigenvalue weighted by Crippen LogP contribution is 2.28. The molecule has 168 valence electrons. The molecule has 4 rings (SSSR count). The third kappa shape index (κ3) is 4.85. The van der Waals surface area contributed by atoms with Crippen molar-refractivity contribution in [1.82, 2.24) is 15.0 Å². The van der Waals surface area contributed by atoms with Gasteiger partial charge in [0.25, 0.3) is 17.5 Å². The highest BCUT2D eigenvalue weighted by molar-refractivity contribution is 6.13. The Bertz CT molecular complexity index is 1310. The number of hydrogen-bond donors (Lipinski definition) is 1. The molecular formula is C25H24N4O4. The van der Waals surface area contributed by atoms with Gasteiger partial charge < -0.3 is 19.5 Å². The standard InChI is InChI=1S/C25H24N4O4/c1-15-5-7-17(8-6-15)21-13-20(23-16(2)28-33-25(23)27-21)24(31)26-18-9-11-19(12-10-18)32-14-22(30)29(3)4/h5-13H,14H2,1-4H3,(H,26,31). The third-order valence-electron chi connectivity index (χ3n) is 5.18. The number of nitrogens with one attached hydrogen (secondary N) is 1. The van der Waals surface area contributed by atoms with Crippen molar-refractivity contribution in [3.05, 3.63) is 71.4 Å². The van der Waals surface area contributed by atoms with E-state index in [0.717, 1.165) is 11.1 Å². The van der Waals surface area contributed by atoms with Crippen molar-refractivity contribution in [2.45, 2.75) is 13.8 Å². The highest BCUT2D eigenvalue weighted by Gasteiger charge is 2.19. The molecule has 1 N–H and O–H groups in total. The Morgan fingerprint density at radius 1 is 1.03 bits per heavy atom. The van der Waals surface area contributed by atoms with Crippen LogP contribution in [0.25, 0.3) is 22.4 Å². The number of pyridine rings is 1. The average Bonchev–Trinajstić information content (AvgIpc) is 3.18. The topological polar surface area (TPSA) is 97.6 Å². The van der Waals surface area contributed by atoms with Crippen LogP contribution in [0.1, 0.15) is 21.6 Å². The Labute approximate surface area is 191 Å². The zero-order valence-corrected chi connectivity index (χ0v) is 18.9. The van der Waals surface area contributed by atoms with Crippen LogP contribution >= 0.6 is 0 Å². The fourth-order valence-corrected chi connectivity index (χ4v) is 3.25. The second-order valence-corrected chi connectivity index (χ2v) is 7.92. The van der Waals surface area contributed by atoms with Gasteiger partial charge in [-0.1, -0.05) is 35.0 Å². The number of rotatable bonds is 6. The van der Waals surface area contributed by atoms with E-state index in [-0.39, 0.29) is 18.4 Å². The number of benzene rings is 2. The maximum Gasteiger partial charge on any atom is 0.259 e. The molecule has 0 unspecified atom stereocenters. The summed E-state index contributed by atoms with van der Waals surface area (Å²) < 4.78 is 10.8. The number of hydrogen-bond acceptors (Lipinski definition) is 6. The predicted octanol–water partition coefficient (Wildman–Crippen LogP) is 4.23. The van der Waals surface area contributed by atoms with Crippen LogP contribution in [-0.2, 0) is 4.79 Å². The fraction of sp³-hybridized carbons (Fsp3) is 0.200. The second kappa shape index (κ2) is 9.12. The Hall–Kier alpha value is -4.20. The molecule has 0 aliphatic carbocycles. The van der Waals surface area contributed by atoms with Gasteiger partial charge in [0.2, 0.25) is 0 Å². The Morgan fingerprint density at radius 3 is 2.39 bits per heavy atom. The number of carbonyl (C=O) groups is 2. The van der Waals surface area contributed by atoms with Gasteiger partial charge in [0.15, 0.2) is 6.61 Å². The monoisotopic (exact) mass is 444 g/mol. The molecule has 8 heteroatoms. The number of anilines is 1. The van der Waals surface area contributed by atoms with Crippen LogP contribution in [0.4, 0.5) is 5.69 Å². The molecule has 2 amide bonds. The molecule has 8 nitrogen and oxygen atoms in total. The van der Waals surface area contributed by atoms with E-state index in [1.807, 2.05) is 31.2 Å². The number of amides is 2. The lowest BCUT2D eigenvalue weighted by Crippen LogP contribution is -2.27. The van der Waals surface area contributed by atoms with Crippen molar-refractivity contribution in [1.29, 1.82) is 0 Å². The first-order valence-electron chi connectivity index (χ1n) is 10.4. The molecule has 0 saturated carbocycles. The average molecular weight is 444 g/mol. The van der Waals surface area contributed by atoms with E-state index >= 15 is 0 Å². The normalized spacial score (nSPS) is 10.8. The first-order chi connectivity index (χ1) is 15.8. The largest absolute Gasteiger partial charge is 0.484 e. The van der Waals surface area contributed by atoms with Crippen LogP contribution in [0.5, 0.6) is 5.75 Å². The minimum absolute atomic E-state index is 0.0533. The summed E-state index contributed by atoms with van der Waals surface area (Å²) in [7, 11) is 3.34. The van der Waals surface area contributed by atoms with Crippen molar-refractivity contribution in [2.75, 3.05) is 26.0 Å². The number of carbonyl (C=O) groups excluding carboxylic acids is 2. The van der Waals surface area contributed by atoms with Crippen LogP contribution < -0.4 is 10.1 Å². The van der Waals surface area contributed by atoms with E-state index in [1.165, 1.54) is 4.90 Å². The van der Waals surface area contributed by atoms with Gasteiger partial charge >= 0.3 is 0 Å². The lowest BCUT2D eigenvalue weighted by atomic mass is 10.0. The van der Waals surface area contributed by atoms with Gasteiger partial charge in [0, 0.05) is 25.3 Å². The fourth-order valence-electron chi connectivity index (χ4n) is 3.25. The lowest BCUT2D eigenvalue weighted by Gasteiger charge is -2.12. The Balaban J connectivity index is 1.58. The summed E-state index contributed by atoms with van der Waals surface area (Å²) in [6.07, 6.45) is 0. The zero-order valence-electron chi connectivity index (χ0n) is 18.9. The molecule has 0 saturated heterocycles. The molecule has 4 aromatic rings. The first-order valence-corrected chi connectivity index (χ1v) is 10.4. The van der Waals surface area contributed by atoms with Crippen LogP contribution in [0.3, 0.4) is 0 Å². The van der Waals surface area contributed by atoms with E-state index in [1.54, 1.807) is 51.4 Å². The van der Waals surface area contributed by atoms with Crippen LogP contribution in [0, 0.1) is 13.8 Å². The summed E-state index contributed by atoms with van der Waals surface area (Å²) in [5.74, 6) is 0.0899. The Kier molecular flexibility index (Phi) is 6.08. The van der Waals surface area contributed by atoms with Gasteiger partial charge in [0.05, 0.1) is 22.3 Å². The molecule has 33 heavy (non-hydrogen) atoms. The minimum atomic E-state index is -0.307. The van der Waals surface area contributed by atoms with Gasteiger partial charge in [-0.15, -0.1) is 0 Å². The minimum Gasteiger partial charge on any atom is -0.484 e. The molecule has 0 aliphatic heterocycles. The lowest BCUT2D eigenvalue weighted by molar-refractivity contribution is -0.130. The van der Waals surface area contributed by atoms with E-state index in [4.69, 9.17) is 9.26 Å². The molecule has 2 aromatic heterocycles. The van der Waals surface area contributed by atoms with Crippen LogP contribution in [0.2, 0.25) is 0 Å². The number of fused-ring (bicyclic) bond motifs is 1. The van der Waals surface area contributed by atoms with Crippen molar-refractivity contribution in [3.8, 4) is 17.0 Å². The molecule has 2 aromatic carbocycles. The molecule has 0 radical (unpaired) electrons. The van der Waals surface area contributed by atoms with Gasteiger partial charge in [-0.25, -0.2) is 4.98 Å². The van der Waals surface area contributed by atoms with Crippen molar-refractivity contribution < 1.29 is 18.8 Å². The van der Waals surface area contributed by atoms with E-state index in [0.29, 0.717) is 39.5 Å². The molecule has 0 bridgehead atoms. The van der Waals surface area contributed by atoms with Crippen molar-refractivity contribution in [3.63, 3.8) is 0 Å². The molecule has 2 heterocycles. The van der Waals surface area contributed by atoms with Crippen LogP contribution in [0.15, 0.2) is 59.1 Å². The van der Waals surface area contributed by atoms with Gasteiger partial charge in [-0.3, -0.25) is 9.59 Å². The number of aryl methyl sites for hydroxylation is 2. The summed E-state index contributed by atoms with van der Waals surface area (Å²) in [5.41, 5.74) is 4.54. The number of ether oxygens (including phenoxy) is 1. The first kappa shape index (κ1) is 22.0. The summed E-state index contributed by atoms with van der Waals surface area (Å²) >= 11 is 0. The quantitative estimate of drug-likeness (QED) is 0.478. The van der Waals surface area contributed by atoms with Gasteiger partial charge in [-0.05, 0) is 44.2 Å². The van der Waals surface area contributed by atoms with E-state index in [9.17, 15) is 9.59 Å². The smallest absolute Gasteiger partial charge is 0.259 e. The van der Waals surface area contributed by atoms with Crippen molar-refractivity contribution in [2.24, 2.45) is 0 Å².